The Balaban J connectivity index is 2.36. The average Bonchev–Trinajstić information content (AvgIpc) is 2.45. The molecule has 0 radical (unpaired) electrons. The Kier molecular flexibility index (Phi) is 7.56. The summed E-state index contributed by atoms with van der Waals surface area (Å²) in [5.74, 6) is -1.00. The van der Waals surface area contributed by atoms with Crippen LogP contribution >= 0.6 is 11.6 Å². The molecule has 1 aromatic rings. The van der Waals surface area contributed by atoms with Crippen molar-refractivity contribution in [3.8, 4) is 5.75 Å². The first-order valence-corrected chi connectivity index (χ1v) is 6.81. The number of rotatable bonds is 9. The second-order valence-corrected chi connectivity index (χ2v) is 4.68. The molecule has 0 spiro atoms. The second kappa shape index (κ2) is 9.20. The molecule has 21 heavy (non-hydrogen) atoms. The van der Waals surface area contributed by atoms with Gasteiger partial charge in [0.2, 0.25) is 5.91 Å². The van der Waals surface area contributed by atoms with Crippen LogP contribution in [-0.2, 0) is 14.3 Å². The predicted octanol–water partition coefficient (Wildman–Crippen LogP) is 1.71. The average molecular weight is 316 g/mol. The SMILES string of the molecule is COCCC(NC(=O)CCOc1ccccc1Cl)C(=O)O. The van der Waals surface area contributed by atoms with Gasteiger partial charge in [-0.1, -0.05) is 23.7 Å². The monoisotopic (exact) mass is 315 g/mol. The van der Waals surface area contributed by atoms with Crippen molar-refractivity contribution in [1.29, 1.82) is 0 Å². The largest absolute Gasteiger partial charge is 0.491 e. The van der Waals surface area contributed by atoms with E-state index in [-0.39, 0.29) is 26.1 Å². The summed E-state index contributed by atoms with van der Waals surface area (Å²) in [4.78, 5) is 22.6. The molecule has 0 saturated heterocycles. The third kappa shape index (κ3) is 6.46. The van der Waals surface area contributed by atoms with Crippen LogP contribution in [0.25, 0.3) is 0 Å². The molecule has 0 aliphatic rings. The minimum absolute atomic E-state index is 0.0436. The molecule has 116 valence electrons. The van der Waals surface area contributed by atoms with Gasteiger partial charge in [-0.05, 0) is 12.1 Å². The number of nitrogens with one attached hydrogen (secondary N) is 1. The first-order chi connectivity index (χ1) is 10.0. The molecule has 7 heteroatoms. The molecule has 2 N–H and O–H groups in total. The number of carboxylic acid groups (broad SMARTS) is 1. The summed E-state index contributed by atoms with van der Waals surface area (Å²) in [6.07, 6.45) is 0.255. The van der Waals surface area contributed by atoms with E-state index in [2.05, 4.69) is 5.32 Å². The molecule has 6 nitrogen and oxygen atoms in total. The molecule has 1 unspecified atom stereocenters. The number of carbonyl (C=O) groups excluding carboxylic acids is 1. The maximum absolute atomic E-state index is 11.7. The van der Waals surface area contributed by atoms with Crippen molar-refractivity contribution < 1.29 is 24.2 Å². The molecule has 0 bridgehead atoms. The molecule has 0 heterocycles. The highest BCUT2D eigenvalue weighted by atomic mass is 35.5. The zero-order chi connectivity index (χ0) is 15.7. The van der Waals surface area contributed by atoms with Crippen molar-refractivity contribution in [2.45, 2.75) is 18.9 Å². The molecular formula is C14H18ClNO5. The van der Waals surface area contributed by atoms with E-state index in [1.165, 1.54) is 7.11 Å². The minimum Gasteiger partial charge on any atom is -0.491 e. The highest BCUT2D eigenvalue weighted by molar-refractivity contribution is 6.32. The van der Waals surface area contributed by atoms with E-state index < -0.39 is 17.9 Å². The first-order valence-electron chi connectivity index (χ1n) is 6.43. The maximum Gasteiger partial charge on any atom is 0.326 e. The zero-order valence-electron chi connectivity index (χ0n) is 11.7. The molecule has 0 saturated carbocycles. The van der Waals surface area contributed by atoms with Crippen molar-refractivity contribution >= 4 is 23.5 Å². The van der Waals surface area contributed by atoms with Crippen LogP contribution in [0.15, 0.2) is 24.3 Å². The van der Waals surface area contributed by atoms with Gasteiger partial charge in [-0.15, -0.1) is 0 Å². The van der Waals surface area contributed by atoms with Crippen LogP contribution in [0.2, 0.25) is 5.02 Å². The van der Waals surface area contributed by atoms with E-state index in [1.807, 2.05) is 0 Å². The fraction of sp³-hybridized carbons (Fsp3) is 0.429. The van der Waals surface area contributed by atoms with E-state index >= 15 is 0 Å². The van der Waals surface area contributed by atoms with Crippen molar-refractivity contribution in [2.75, 3.05) is 20.3 Å². The summed E-state index contributed by atoms with van der Waals surface area (Å²) in [6, 6.07) is 5.96. The Morgan fingerprint density at radius 3 is 2.67 bits per heavy atom. The lowest BCUT2D eigenvalue weighted by molar-refractivity contribution is -0.142. The molecule has 0 aliphatic heterocycles. The number of hydrogen-bond acceptors (Lipinski definition) is 4. The van der Waals surface area contributed by atoms with Gasteiger partial charge in [-0.2, -0.15) is 0 Å². The lowest BCUT2D eigenvalue weighted by atomic mass is 10.2. The van der Waals surface area contributed by atoms with Crippen molar-refractivity contribution in [3.63, 3.8) is 0 Å². The zero-order valence-corrected chi connectivity index (χ0v) is 12.4. The van der Waals surface area contributed by atoms with Crippen LogP contribution in [0.1, 0.15) is 12.8 Å². The van der Waals surface area contributed by atoms with Gasteiger partial charge in [0.05, 0.1) is 18.1 Å². The van der Waals surface area contributed by atoms with Gasteiger partial charge in [0.1, 0.15) is 11.8 Å². The third-order valence-electron chi connectivity index (χ3n) is 2.67. The fourth-order valence-electron chi connectivity index (χ4n) is 1.58. The van der Waals surface area contributed by atoms with Crippen LogP contribution in [0.4, 0.5) is 0 Å². The highest BCUT2D eigenvalue weighted by Gasteiger charge is 2.19. The number of amides is 1. The number of methoxy groups -OCH3 is 1. The van der Waals surface area contributed by atoms with Crippen molar-refractivity contribution in [2.24, 2.45) is 0 Å². The molecule has 0 aliphatic carbocycles. The van der Waals surface area contributed by atoms with Gasteiger partial charge in [0.15, 0.2) is 0 Å². The molecular weight excluding hydrogens is 298 g/mol. The van der Waals surface area contributed by atoms with Crippen LogP contribution in [-0.4, -0.2) is 43.3 Å². The van der Waals surface area contributed by atoms with Gasteiger partial charge in [0, 0.05) is 20.1 Å². The van der Waals surface area contributed by atoms with Gasteiger partial charge in [0.25, 0.3) is 0 Å². The Hall–Kier alpha value is -1.79. The topological polar surface area (TPSA) is 84.9 Å². The molecule has 1 amide bonds. The van der Waals surface area contributed by atoms with Crippen LogP contribution in [0.5, 0.6) is 5.75 Å². The quantitative estimate of drug-likeness (QED) is 0.724. The highest BCUT2D eigenvalue weighted by Crippen LogP contribution is 2.22. The van der Waals surface area contributed by atoms with Crippen LogP contribution in [0.3, 0.4) is 0 Å². The van der Waals surface area contributed by atoms with Gasteiger partial charge >= 0.3 is 5.97 Å². The summed E-state index contributed by atoms with van der Waals surface area (Å²) in [7, 11) is 1.47. The summed E-state index contributed by atoms with van der Waals surface area (Å²) in [6.45, 7) is 0.375. The fourth-order valence-corrected chi connectivity index (χ4v) is 1.77. The van der Waals surface area contributed by atoms with E-state index in [1.54, 1.807) is 24.3 Å². The van der Waals surface area contributed by atoms with E-state index in [0.717, 1.165) is 0 Å². The Labute approximate surface area is 128 Å². The normalized spacial score (nSPS) is 11.7. The number of hydrogen-bond donors (Lipinski definition) is 2. The smallest absolute Gasteiger partial charge is 0.326 e. The van der Waals surface area contributed by atoms with E-state index in [9.17, 15) is 9.59 Å². The number of para-hydroxylation sites is 1. The predicted molar refractivity (Wildman–Crippen MR) is 77.6 cm³/mol. The lowest BCUT2D eigenvalue weighted by Crippen LogP contribution is -2.41. The number of carboxylic acids is 1. The van der Waals surface area contributed by atoms with Gasteiger partial charge in [-0.3, -0.25) is 4.79 Å². The summed E-state index contributed by atoms with van der Waals surface area (Å²) < 4.78 is 10.2. The maximum atomic E-state index is 11.7. The number of halogens is 1. The summed E-state index contributed by atoms with van der Waals surface area (Å²) in [5, 5.41) is 11.8. The minimum atomic E-state index is -1.09. The molecule has 0 aromatic heterocycles. The summed E-state index contributed by atoms with van der Waals surface area (Å²) >= 11 is 5.91. The van der Waals surface area contributed by atoms with Crippen molar-refractivity contribution in [1.82, 2.24) is 5.32 Å². The van der Waals surface area contributed by atoms with Crippen molar-refractivity contribution in [3.05, 3.63) is 29.3 Å². The number of carbonyl (C=O) groups is 2. The Bertz CT molecular complexity index is 480. The first kappa shape index (κ1) is 17.3. The molecule has 1 atom stereocenters. The molecule has 1 rings (SSSR count). The van der Waals surface area contributed by atoms with Gasteiger partial charge < -0.3 is 19.9 Å². The van der Waals surface area contributed by atoms with E-state index in [0.29, 0.717) is 10.8 Å². The number of aliphatic carboxylic acids is 1. The third-order valence-corrected chi connectivity index (χ3v) is 2.98. The second-order valence-electron chi connectivity index (χ2n) is 4.27. The Morgan fingerprint density at radius 2 is 2.05 bits per heavy atom. The Morgan fingerprint density at radius 1 is 1.33 bits per heavy atom. The standard InChI is InChI=1S/C14H18ClNO5/c1-20-8-6-11(14(18)19)16-13(17)7-9-21-12-5-3-2-4-10(12)15/h2-5,11H,6-9H2,1H3,(H,16,17)(H,18,19). The van der Waals surface area contributed by atoms with Crippen LogP contribution in [0, 0.1) is 0 Å². The number of benzene rings is 1. The van der Waals surface area contributed by atoms with Crippen LogP contribution < -0.4 is 10.1 Å². The lowest BCUT2D eigenvalue weighted by Gasteiger charge is -2.14. The molecule has 1 aromatic carbocycles. The van der Waals surface area contributed by atoms with Gasteiger partial charge in [-0.25, -0.2) is 4.79 Å². The van der Waals surface area contributed by atoms with E-state index in [4.69, 9.17) is 26.2 Å². The molecule has 0 fully saturated rings. The number of ether oxygens (including phenoxy) is 2. The summed E-state index contributed by atoms with van der Waals surface area (Å²) in [5.41, 5.74) is 0.